The molecule has 1 heterocycles. The molecule has 0 unspecified atom stereocenters. The number of nitrogens with zero attached hydrogens (tertiary/aromatic N) is 1. The Labute approximate surface area is 188 Å². The number of hydrogen-bond acceptors (Lipinski definition) is 0. The largest absolute Gasteiger partial charge is 0.309 e. The highest BCUT2D eigenvalue weighted by molar-refractivity contribution is 6.10. The van der Waals surface area contributed by atoms with Gasteiger partial charge in [-0.05, 0) is 59.5 Å². The molecular formula is C31H23N. The molecule has 0 spiro atoms. The van der Waals surface area contributed by atoms with Crippen LogP contribution in [0.3, 0.4) is 0 Å². The molecule has 0 radical (unpaired) electrons. The molecule has 32 heavy (non-hydrogen) atoms. The summed E-state index contributed by atoms with van der Waals surface area (Å²) in [6.07, 6.45) is 0. The molecule has 0 saturated heterocycles. The Morgan fingerprint density at radius 2 is 0.969 bits per heavy atom. The lowest BCUT2D eigenvalue weighted by Crippen LogP contribution is -1.92. The molecule has 0 atom stereocenters. The van der Waals surface area contributed by atoms with E-state index in [9.17, 15) is 0 Å². The predicted molar refractivity (Wildman–Crippen MR) is 136 cm³/mol. The molecular weight excluding hydrogens is 386 g/mol. The predicted octanol–water partition coefficient (Wildman–Crippen LogP) is 8.43. The lowest BCUT2D eigenvalue weighted by atomic mass is 9.98. The zero-order valence-corrected chi connectivity index (χ0v) is 18.0. The summed E-state index contributed by atoms with van der Waals surface area (Å²) >= 11 is 0. The van der Waals surface area contributed by atoms with Gasteiger partial charge in [0.1, 0.15) is 0 Å². The minimum absolute atomic E-state index is 1.19. The number of hydrogen-bond donors (Lipinski definition) is 0. The zero-order chi connectivity index (χ0) is 21.5. The summed E-state index contributed by atoms with van der Waals surface area (Å²) in [5, 5.41) is 2.56. The first-order valence-corrected chi connectivity index (χ1v) is 11.0. The summed E-state index contributed by atoms with van der Waals surface area (Å²) in [5.74, 6) is 0. The molecule has 6 aromatic rings. The first-order valence-electron chi connectivity index (χ1n) is 11.0. The third-order valence-corrected chi connectivity index (χ3v) is 6.29. The average molecular weight is 410 g/mol. The van der Waals surface area contributed by atoms with Crippen LogP contribution in [0, 0.1) is 6.92 Å². The van der Waals surface area contributed by atoms with Crippen molar-refractivity contribution in [2.75, 3.05) is 0 Å². The van der Waals surface area contributed by atoms with Gasteiger partial charge in [-0.3, -0.25) is 0 Å². The summed E-state index contributed by atoms with van der Waals surface area (Å²) in [4.78, 5) is 0. The van der Waals surface area contributed by atoms with Gasteiger partial charge in [-0.2, -0.15) is 0 Å². The van der Waals surface area contributed by atoms with Crippen LogP contribution in [0.4, 0.5) is 0 Å². The molecule has 0 N–H and O–H groups in total. The minimum Gasteiger partial charge on any atom is -0.309 e. The van der Waals surface area contributed by atoms with Crippen LogP contribution in [0.2, 0.25) is 0 Å². The molecule has 6 rings (SSSR count). The highest BCUT2D eigenvalue weighted by Crippen LogP contribution is 2.35. The van der Waals surface area contributed by atoms with Crippen LogP contribution in [0.1, 0.15) is 5.56 Å². The van der Waals surface area contributed by atoms with E-state index in [1.807, 2.05) is 0 Å². The first kappa shape index (κ1) is 18.7. The zero-order valence-electron chi connectivity index (χ0n) is 18.0. The van der Waals surface area contributed by atoms with Gasteiger partial charge in [-0.25, -0.2) is 0 Å². The molecule has 0 aliphatic heterocycles. The fraction of sp³-hybridized carbons (Fsp3) is 0.0323. The van der Waals surface area contributed by atoms with E-state index < -0.39 is 0 Å². The molecule has 1 aromatic heterocycles. The van der Waals surface area contributed by atoms with Crippen molar-refractivity contribution in [1.82, 2.24) is 4.57 Å². The number of aromatic nitrogens is 1. The first-order chi connectivity index (χ1) is 15.8. The second-order valence-electron chi connectivity index (χ2n) is 8.36. The van der Waals surface area contributed by atoms with Crippen molar-refractivity contribution in [2.45, 2.75) is 6.92 Å². The average Bonchev–Trinajstić information content (AvgIpc) is 3.19. The molecule has 0 fully saturated rings. The van der Waals surface area contributed by atoms with Crippen LogP contribution in [0.15, 0.2) is 121 Å². The van der Waals surface area contributed by atoms with E-state index in [0.717, 1.165) is 0 Å². The van der Waals surface area contributed by atoms with Crippen molar-refractivity contribution in [3.05, 3.63) is 127 Å². The lowest BCUT2D eigenvalue weighted by Gasteiger charge is -2.08. The SMILES string of the molecule is Cc1ccc(-c2ccc(-c3ccc4c(c3)c3ccccc3n4-c3ccccc3)cc2)cc1. The Bertz CT molecular complexity index is 1540. The van der Waals surface area contributed by atoms with Crippen LogP contribution in [-0.2, 0) is 0 Å². The van der Waals surface area contributed by atoms with E-state index in [1.54, 1.807) is 0 Å². The van der Waals surface area contributed by atoms with Crippen LogP contribution < -0.4 is 0 Å². The molecule has 5 aromatic carbocycles. The maximum Gasteiger partial charge on any atom is 0.0541 e. The van der Waals surface area contributed by atoms with Crippen molar-refractivity contribution in [2.24, 2.45) is 0 Å². The number of para-hydroxylation sites is 2. The normalized spacial score (nSPS) is 11.3. The van der Waals surface area contributed by atoms with Gasteiger partial charge < -0.3 is 4.57 Å². The van der Waals surface area contributed by atoms with Crippen LogP contribution >= 0.6 is 0 Å². The quantitative estimate of drug-likeness (QED) is 0.276. The molecule has 0 aliphatic rings. The Kier molecular flexibility index (Phi) is 4.40. The minimum atomic E-state index is 1.19. The van der Waals surface area contributed by atoms with E-state index in [4.69, 9.17) is 0 Å². The fourth-order valence-electron chi connectivity index (χ4n) is 4.61. The number of fused-ring (bicyclic) bond motifs is 3. The molecule has 152 valence electrons. The number of aryl methyl sites for hydroxylation is 1. The summed E-state index contributed by atoms with van der Waals surface area (Å²) in [7, 11) is 0. The number of benzene rings is 5. The van der Waals surface area contributed by atoms with Crippen molar-refractivity contribution in [3.8, 4) is 27.9 Å². The van der Waals surface area contributed by atoms with Gasteiger partial charge in [0.05, 0.1) is 11.0 Å². The maximum absolute atomic E-state index is 2.36. The standard InChI is InChI=1S/C31H23N/c1-22-11-13-23(14-12-22)24-15-17-25(18-16-24)26-19-20-31-29(21-26)28-9-5-6-10-30(28)32(31)27-7-3-2-4-8-27/h2-21H,1H3. The smallest absolute Gasteiger partial charge is 0.0541 e. The summed E-state index contributed by atoms with van der Waals surface area (Å²) in [6, 6.07) is 43.7. The van der Waals surface area contributed by atoms with Crippen molar-refractivity contribution < 1.29 is 0 Å². The van der Waals surface area contributed by atoms with Gasteiger partial charge in [-0.15, -0.1) is 0 Å². The van der Waals surface area contributed by atoms with Gasteiger partial charge >= 0.3 is 0 Å². The molecule has 1 heteroatoms. The maximum atomic E-state index is 2.36. The van der Waals surface area contributed by atoms with Crippen molar-refractivity contribution >= 4 is 21.8 Å². The summed E-state index contributed by atoms with van der Waals surface area (Å²) in [6.45, 7) is 2.12. The molecule has 0 bridgehead atoms. The lowest BCUT2D eigenvalue weighted by molar-refractivity contribution is 1.18. The van der Waals surface area contributed by atoms with Gasteiger partial charge in [0.15, 0.2) is 0 Å². The van der Waals surface area contributed by atoms with E-state index >= 15 is 0 Å². The second kappa shape index (κ2) is 7.55. The highest BCUT2D eigenvalue weighted by Gasteiger charge is 2.12. The highest BCUT2D eigenvalue weighted by atomic mass is 15.0. The van der Waals surface area contributed by atoms with Gasteiger partial charge in [0.25, 0.3) is 0 Å². The Balaban J connectivity index is 1.48. The van der Waals surface area contributed by atoms with Gasteiger partial charge in [-0.1, -0.05) is 96.6 Å². The van der Waals surface area contributed by atoms with Gasteiger partial charge in [0.2, 0.25) is 0 Å². The van der Waals surface area contributed by atoms with E-state index in [0.29, 0.717) is 0 Å². The Morgan fingerprint density at radius 1 is 0.438 bits per heavy atom. The van der Waals surface area contributed by atoms with E-state index in [2.05, 4.69) is 133 Å². The molecule has 0 saturated carbocycles. The van der Waals surface area contributed by atoms with Crippen LogP contribution in [-0.4, -0.2) is 4.57 Å². The van der Waals surface area contributed by atoms with Crippen molar-refractivity contribution in [1.29, 1.82) is 0 Å². The second-order valence-corrected chi connectivity index (χ2v) is 8.36. The van der Waals surface area contributed by atoms with E-state index in [1.165, 1.54) is 55.3 Å². The third kappa shape index (κ3) is 3.11. The van der Waals surface area contributed by atoms with Crippen LogP contribution in [0.25, 0.3) is 49.7 Å². The molecule has 0 aliphatic carbocycles. The summed E-state index contributed by atoms with van der Waals surface area (Å²) in [5.41, 5.74) is 9.92. The van der Waals surface area contributed by atoms with E-state index in [-0.39, 0.29) is 0 Å². The summed E-state index contributed by atoms with van der Waals surface area (Å²) < 4.78 is 2.36. The fourth-order valence-corrected chi connectivity index (χ4v) is 4.61. The Hall–Kier alpha value is -4.10. The van der Waals surface area contributed by atoms with Crippen LogP contribution in [0.5, 0.6) is 0 Å². The number of rotatable bonds is 3. The topological polar surface area (TPSA) is 4.93 Å². The van der Waals surface area contributed by atoms with Crippen molar-refractivity contribution in [3.63, 3.8) is 0 Å². The third-order valence-electron chi connectivity index (χ3n) is 6.29. The monoisotopic (exact) mass is 409 g/mol. The van der Waals surface area contributed by atoms with Gasteiger partial charge in [0, 0.05) is 16.5 Å². The molecule has 0 amide bonds. The Morgan fingerprint density at radius 3 is 1.69 bits per heavy atom. The molecule has 1 nitrogen and oxygen atoms in total.